The van der Waals surface area contributed by atoms with E-state index >= 15 is 0 Å². The average Bonchev–Trinajstić information content (AvgIpc) is 4.14. The van der Waals surface area contributed by atoms with Gasteiger partial charge in [0.1, 0.15) is 23.0 Å². The largest absolute Gasteiger partial charge is 0.497 e. The molecule has 1 unspecified atom stereocenters. The van der Waals surface area contributed by atoms with E-state index in [0.29, 0.717) is 62.6 Å². The number of aromatic nitrogens is 3. The number of ether oxygens (including phenoxy) is 4. The summed E-state index contributed by atoms with van der Waals surface area (Å²) in [5.74, 6) is 2.09. The van der Waals surface area contributed by atoms with Gasteiger partial charge in [0.2, 0.25) is 5.78 Å². The highest BCUT2D eigenvalue weighted by Crippen LogP contribution is 2.38. The summed E-state index contributed by atoms with van der Waals surface area (Å²) < 4.78 is 21.6. The zero-order valence-corrected chi connectivity index (χ0v) is 32.7. The van der Waals surface area contributed by atoms with Crippen molar-refractivity contribution in [2.24, 2.45) is 4.99 Å². The van der Waals surface area contributed by atoms with E-state index in [2.05, 4.69) is 19.9 Å². The van der Waals surface area contributed by atoms with Crippen molar-refractivity contribution in [3.05, 3.63) is 201 Å². The number of methoxy groups -OCH3 is 4. The van der Waals surface area contributed by atoms with Gasteiger partial charge in [-0.15, -0.1) is 0 Å². The van der Waals surface area contributed by atoms with Crippen LogP contribution in [0.1, 0.15) is 49.8 Å². The predicted octanol–water partition coefficient (Wildman–Crippen LogP) is 6.20. The van der Waals surface area contributed by atoms with Gasteiger partial charge in [-0.25, -0.2) is 4.99 Å². The number of carbonyl (C=O) groups is 2. The third kappa shape index (κ3) is 7.38. The van der Waals surface area contributed by atoms with E-state index in [-0.39, 0.29) is 11.7 Å². The van der Waals surface area contributed by atoms with Gasteiger partial charge in [-0.2, -0.15) is 0 Å². The molecule has 0 aliphatic carbocycles. The van der Waals surface area contributed by atoms with E-state index in [4.69, 9.17) is 18.9 Å². The molecule has 1 atom stereocenters. The van der Waals surface area contributed by atoms with E-state index < -0.39 is 5.60 Å². The number of rotatable bonds is 13. The lowest BCUT2D eigenvalue weighted by molar-refractivity contribution is -0.113. The molecule has 11 heteroatoms. The molecule has 0 saturated heterocycles. The smallest absolute Gasteiger partial charge is 0.270 e. The summed E-state index contributed by atoms with van der Waals surface area (Å²) >= 11 is 0. The first-order chi connectivity index (χ1) is 28.7. The fourth-order valence-electron chi connectivity index (χ4n) is 7.26. The minimum Gasteiger partial charge on any atom is -0.497 e. The van der Waals surface area contributed by atoms with Crippen LogP contribution in [0, 0.1) is 0 Å². The van der Waals surface area contributed by atoms with Crippen LogP contribution in [0.15, 0.2) is 151 Å². The van der Waals surface area contributed by atoms with Crippen LogP contribution >= 0.6 is 0 Å². The van der Waals surface area contributed by atoms with Gasteiger partial charge in [-0.1, -0.05) is 36.4 Å². The summed E-state index contributed by atoms with van der Waals surface area (Å²) in [4.78, 5) is 40.6. The van der Waals surface area contributed by atoms with Crippen LogP contribution < -0.4 is 29.6 Å². The maximum Gasteiger partial charge on any atom is 0.270 e. The first kappa shape index (κ1) is 38.3. The molecule has 3 aromatic heterocycles. The summed E-state index contributed by atoms with van der Waals surface area (Å²) in [5, 5.41) is 14.5. The number of hydrogen-bond acceptors (Lipinski definition) is 7. The summed E-state index contributed by atoms with van der Waals surface area (Å²) in [5.41, 5.74) is 4.78. The molecule has 11 nitrogen and oxygen atoms in total. The zero-order valence-electron chi connectivity index (χ0n) is 32.7. The summed E-state index contributed by atoms with van der Waals surface area (Å²) in [6.45, 7) is 0. The molecular weight excluding hydrogens is 745 g/mol. The molecule has 1 aliphatic heterocycles. The molecule has 4 aromatic carbocycles. The SMILES string of the molecule is COc1ccc(C(=O)c2ccc(C(O)(c3ccc(OC)cc3)c3ccc(/C(c4ccc(OC)cc4)=c4/cc/c(=C(/C5=NC(=O)C=C5)c5ccc(OC)cc5)[nH]4)[nH]3)[nH]2)cc1. The molecule has 0 radical (unpaired) electrons. The standard InChI is InChI=1S/C48H40N4O7/c1-56-33-13-5-29(6-14-33)45(37-21-22-38(49-37)46(40-25-28-44(53)52-40)30-7-15-34(57-2)16-8-30)39-23-26-42(50-39)48(55,32-11-19-36(59-4)20-12-32)43-27-24-41(51-43)47(54)31-9-17-35(58-3)18-10-31/h5-28,49-51,55H,1-4H3/b45-37-,46-38-. The highest BCUT2D eigenvalue weighted by Gasteiger charge is 2.37. The first-order valence-corrected chi connectivity index (χ1v) is 18.7. The number of aromatic amines is 3. The normalized spacial score (nSPS) is 14.3. The van der Waals surface area contributed by atoms with Crippen LogP contribution in [0.4, 0.5) is 0 Å². The fourth-order valence-corrected chi connectivity index (χ4v) is 7.26. The molecule has 7 aromatic rings. The van der Waals surface area contributed by atoms with Gasteiger partial charge in [-0.3, -0.25) is 9.59 Å². The molecular formula is C48H40N4O7. The Hall–Kier alpha value is -7.63. The molecule has 1 aliphatic rings. The molecule has 0 spiro atoms. The maximum absolute atomic E-state index is 13.6. The van der Waals surface area contributed by atoms with E-state index in [1.807, 2.05) is 72.8 Å². The van der Waals surface area contributed by atoms with Crippen LogP contribution in [-0.4, -0.2) is 65.9 Å². The third-order valence-corrected chi connectivity index (χ3v) is 10.4. The van der Waals surface area contributed by atoms with Crippen molar-refractivity contribution in [1.29, 1.82) is 0 Å². The number of hydrogen-bond donors (Lipinski definition) is 4. The Labute approximate surface area is 339 Å². The Bertz CT molecular complexity index is 2840. The van der Waals surface area contributed by atoms with Crippen molar-refractivity contribution < 1.29 is 33.6 Å². The van der Waals surface area contributed by atoms with Crippen molar-refractivity contribution in [3.63, 3.8) is 0 Å². The van der Waals surface area contributed by atoms with Crippen LogP contribution in [0.3, 0.4) is 0 Å². The van der Waals surface area contributed by atoms with Crippen molar-refractivity contribution in [3.8, 4) is 23.0 Å². The van der Waals surface area contributed by atoms with Crippen molar-refractivity contribution in [2.45, 2.75) is 5.60 Å². The first-order valence-electron chi connectivity index (χ1n) is 18.7. The molecule has 0 saturated carbocycles. The van der Waals surface area contributed by atoms with Gasteiger partial charge >= 0.3 is 0 Å². The van der Waals surface area contributed by atoms with E-state index in [1.165, 1.54) is 6.08 Å². The van der Waals surface area contributed by atoms with Crippen molar-refractivity contribution >= 4 is 28.5 Å². The lowest BCUT2D eigenvalue weighted by Gasteiger charge is -2.27. The summed E-state index contributed by atoms with van der Waals surface area (Å²) in [6, 6.07) is 40.3. The lowest BCUT2D eigenvalue weighted by atomic mass is 9.87. The topological polar surface area (TPSA) is 151 Å². The highest BCUT2D eigenvalue weighted by atomic mass is 16.5. The Kier molecular flexibility index (Phi) is 10.4. The van der Waals surface area contributed by atoms with Gasteiger partial charge in [0.05, 0.1) is 51.2 Å². The quantitative estimate of drug-likeness (QED) is 0.102. The zero-order chi connectivity index (χ0) is 41.1. The Balaban J connectivity index is 1.30. The number of aliphatic imine (C=N–C) groups is 1. The predicted molar refractivity (Wildman–Crippen MR) is 225 cm³/mol. The molecule has 8 rings (SSSR count). The summed E-state index contributed by atoms with van der Waals surface area (Å²) in [6.07, 6.45) is 3.16. The Morgan fingerprint density at radius 3 is 1.44 bits per heavy atom. The molecule has 294 valence electrons. The molecule has 0 bridgehead atoms. The Morgan fingerprint density at radius 1 is 0.508 bits per heavy atom. The molecule has 4 heterocycles. The molecule has 0 fully saturated rings. The van der Waals surface area contributed by atoms with Gasteiger partial charge in [0.15, 0.2) is 5.60 Å². The number of carbonyl (C=O) groups excluding carboxylic acids is 2. The second-order valence-corrected chi connectivity index (χ2v) is 13.7. The summed E-state index contributed by atoms with van der Waals surface area (Å²) in [7, 11) is 6.38. The minimum atomic E-state index is -1.77. The number of H-pyrrole nitrogens is 3. The number of benzene rings is 4. The Morgan fingerprint density at radius 2 is 0.949 bits per heavy atom. The maximum atomic E-state index is 13.6. The lowest BCUT2D eigenvalue weighted by Crippen LogP contribution is -2.30. The second-order valence-electron chi connectivity index (χ2n) is 13.7. The third-order valence-electron chi connectivity index (χ3n) is 10.4. The van der Waals surface area contributed by atoms with Gasteiger partial charge in [-0.05, 0) is 120 Å². The van der Waals surface area contributed by atoms with E-state index in [0.717, 1.165) is 33.0 Å². The number of nitrogens with zero attached hydrogens (tertiary/aromatic N) is 1. The fraction of sp³-hybridized carbons (Fsp3) is 0.104. The van der Waals surface area contributed by atoms with Gasteiger partial charge in [0, 0.05) is 39.2 Å². The highest BCUT2D eigenvalue weighted by molar-refractivity contribution is 6.34. The van der Waals surface area contributed by atoms with Crippen molar-refractivity contribution in [1.82, 2.24) is 15.0 Å². The second kappa shape index (κ2) is 16.1. The van der Waals surface area contributed by atoms with Gasteiger partial charge in [0.25, 0.3) is 5.91 Å². The molecule has 59 heavy (non-hydrogen) atoms. The average molecular weight is 785 g/mol. The number of nitrogens with one attached hydrogen (secondary N) is 3. The van der Waals surface area contributed by atoms with Crippen LogP contribution in [0.2, 0.25) is 0 Å². The van der Waals surface area contributed by atoms with Gasteiger partial charge < -0.3 is 39.0 Å². The van der Waals surface area contributed by atoms with Crippen LogP contribution in [-0.2, 0) is 10.4 Å². The minimum absolute atomic E-state index is 0.241. The van der Waals surface area contributed by atoms with E-state index in [9.17, 15) is 14.7 Å². The van der Waals surface area contributed by atoms with Crippen LogP contribution in [0.25, 0.3) is 11.1 Å². The molecule has 4 N–H and O–H groups in total. The van der Waals surface area contributed by atoms with Crippen molar-refractivity contribution in [2.75, 3.05) is 28.4 Å². The molecule has 1 amide bonds. The number of allylic oxidation sites excluding steroid dienone is 1. The van der Waals surface area contributed by atoms with E-state index in [1.54, 1.807) is 95.2 Å². The monoisotopic (exact) mass is 784 g/mol. The van der Waals surface area contributed by atoms with Crippen LogP contribution in [0.5, 0.6) is 23.0 Å². The number of amides is 1. The number of ketones is 1. The number of aliphatic hydroxyl groups is 1.